The van der Waals surface area contributed by atoms with Gasteiger partial charge in [0.05, 0.1) is 11.1 Å². The molecule has 8 nitrogen and oxygen atoms in total. The van der Waals surface area contributed by atoms with E-state index >= 15 is 0 Å². The first-order valence-corrected chi connectivity index (χ1v) is 13.1. The first-order valence-electron chi connectivity index (χ1n) is 12.7. The summed E-state index contributed by atoms with van der Waals surface area (Å²) in [7, 11) is 0. The van der Waals surface area contributed by atoms with Crippen molar-refractivity contribution >= 4 is 22.5 Å². The molecule has 2 aromatic heterocycles. The van der Waals surface area contributed by atoms with Gasteiger partial charge < -0.3 is 4.98 Å². The number of nitrogens with one attached hydrogen (secondary N) is 1. The molecule has 1 aliphatic rings. The van der Waals surface area contributed by atoms with E-state index in [1.54, 1.807) is 0 Å². The topological polar surface area (TPSA) is 82.9 Å². The molecule has 9 heteroatoms. The third-order valence-electron chi connectivity index (χ3n) is 7.08. The summed E-state index contributed by atoms with van der Waals surface area (Å²) in [5.41, 5.74) is 4.58. The van der Waals surface area contributed by atoms with Crippen LogP contribution in [0.2, 0.25) is 5.02 Å². The number of aromatic nitrogens is 5. The van der Waals surface area contributed by atoms with Crippen molar-refractivity contribution in [3.8, 4) is 0 Å². The Morgan fingerprint density at radius 2 is 1.73 bits per heavy atom. The van der Waals surface area contributed by atoms with Gasteiger partial charge in [0.15, 0.2) is 5.82 Å². The molecule has 2 aromatic carbocycles. The van der Waals surface area contributed by atoms with Crippen LogP contribution in [-0.4, -0.2) is 61.2 Å². The summed E-state index contributed by atoms with van der Waals surface area (Å²) in [6.45, 7) is 14.5. The van der Waals surface area contributed by atoms with E-state index in [1.807, 2.05) is 29.8 Å². The Kier molecular flexibility index (Phi) is 6.91. The van der Waals surface area contributed by atoms with Crippen molar-refractivity contribution < 1.29 is 0 Å². The van der Waals surface area contributed by atoms with Crippen LogP contribution in [0.3, 0.4) is 0 Å². The third kappa shape index (κ3) is 5.32. The van der Waals surface area contributed by atoms with Gasteiger partial charge in [-0.1, -0.05) is 35.4 Å². The van der Waals surface area contributed by atoms with Crippen LogP contribution in [0.5, 0.6) is 0 Å². The largest absolute Gasteiger partial charge is 0.321 e. The van der Waals surface area contributed by atoms with Gasteiger partial charge in [0.25, 0.3) is 5.56 Å². The molecule has 4 aromatic rings. The SMILES string of the molecule is Cc1cc(C)c2[nH]c(=O)c([C@H](c3nnnn3C(C)(C)C)N3CCN(Cc4ccc(Cl)cc4)CC3)cc2c1. The van der Waals surface area contributed by atoms with E-state index in [1.165, 1.54) is 5.56 Å². The van der Waals surface area contributed by atoms with Gasteiger partial charge in [-0.05, 0) is 85.8 Å². The van der Waals surface area contributed by atoms with Gasteiger partial charge in [-0.3, -0.25) is 14.6 Å². The fourth-order valence-electron chi connectivity index (χ4n) is 5.28. The Morgan fingerprint density at radius 1 is 1.03 bits per heavy atom. The van der Waals surface area contributed by atoms with Crippen LogP contribution < -0.4 is 5.56 Å². The number of hydrogen-bond donors (Lipinski definition) is 1. The number of H-pyrrole nitrogens is 1. The molecule has 5 rings (SSSR count). The zero-order chi connectivity index (χ0) is 26.3. The van der Waals surface area contributed by atoms with Crippen LogP contribution in [0.1, 0.15) is 54.9 Å². The normalized spacial score (nSPS) is 16.4. The van der Waals surface area contributed by atoms with Crippen molar-refractivity contribution in [2.45, 2.75) is 52.7 Å². The lowest BCUT2D eigenvalue weighted by Crippen LogP contribution is -2.49. The molecule has 1 atom stereocenters. The summed E-state index contributed by atoms with van der Waals surface area (Å²) < 4.78 is 1.85. The lowest BCUT2D eigenvalue weighted by molar-refractivity contribution is 0.0975. The number of hydrogen-bond acceptors (Lipinski definition) is 6. The first-order chi connectivity index (χ1) is 17.6. The van der Waals surface area contributed by atoms with Gasteiger partial charge in [-0.15, -0.1) is 5.10 Å². The number of pyridine rings is 1. The number of benzene rings is 2. The molecule has 0 amide bonds. The fraction of sp³-hybridized carbons (Fsp3) is 0.429. The maximum absolute atomic E-state index is 13.6. The van der Waals surface area contributed by atoms with Crippen LogP contribution >= 0.6 is 11.6 Å². The molecule has 1 N–H and O–H groups in total. The predicted octanol–water partition coefficient (Wildman–Crippen LogP) is 4.45. The van der Waals surface area contributed by atoms with Crippen LogP contribution in [-0.2, 0) is 12.1 Å². The second kappa shape index (κ2) is 10.0. The highest BCUT2D eigenvalue weighted by atomic mass is 35.5. The minimum atomic E-state index is -0.360. The average molecular weight is 520 g/mol. The lowest BCUT2D eigenvalue weighted by Gasteiger charge is -2.39. The van der Waals surface area contributed by atoms with E-state index in [0.717, 1.165) is 59.8 Å². The number of fused-ring (bicyclic) bond motifs is 1. The van der Waals surface area contributed by atoms with Gasteiger partial charge in [0.2, 0.25) is 0 Å². The minimum absolute atomic E-state index is 0.100. The van der Waals surface area contributed by atoms with E-state index < -0.39 is 0 Å². The second-order valence-corrected chi connectivity index (χ2v) is 11.5. The van der Waals surface area contributed by atoms with E-state index in [4.69, 9.17) is 11.6 Å². The van der Waals surface area contributed by atoms with Gasteiger partial charge >= 0.3 is 0 Å². The highest BCUT2D eigenvalue weighted by Gasteiger charge is 2.35. The molecular formula is C28H34ClN7O. The number of tetrazole rings is 1. The van der Waals surface area contributed by atoms with E-state index in [2.05, 4.69) is 82.3 Å². The molecule has 1 saturated heterocycles. The van der Waals surface area contributed by atoms with E-state index in [-0.39, 0.29) is 17.1 Å². The van der Waals surface area contributed by atoms with Gasteiger partial charge in [0.1, 0.15) is 6.04 Å². The minimum Gasteiger partial charge on any atom is -0.321 e. The molecule has 1 fully saturated rings. The molecule has 194 valence electrons. The number of aryl methyl sites for hydroxylation is 2. The Balaban J connectivity index is 1.51. The summed E-state index contributed by atoms with van der Waals surface area (Å²) in [6.07, 6.45) is 0. The standard InChI is InChI=1S/C28H34ClN7O/c1-18-14-19(2)24-21(15-18)16-23(27(37)30-24)25(26-31-32-33-36(26)28(3,4)5)35-12-10-34(11-13-35)17-20-6-8-22(29)9-7-20/h6-9,14-16,25H,10-13,17H2,1-5H3,(H,30,37)/t25-/m1/s1. The van der Waals surface area contributed by atoms with Crippen molar-refractivity contribution in [3.63, 3.8) is 0 Å². The van der Waals surface area contributed by atoms with Crippen LogP contribution in [0.15, 0.2) is 47.3 Å². The third-order valence-corrected chi connectivity index (χ3v) is 7.33. The molecular weight excluding hydrogens is 486 g/mol. The number of halogens is 1. The predicted molar refractivity (Wildman–Crippen MR) is 147 cm³/mol. The Morgan fingerprint density at radius 3 is 2.41 bits per heavy atom. The van der Waals surface area contributed by atoms with Crippen LogP contribution in [0, 0.1) is 13.8 Å². The van der Waals surface area contributed by atoms with Crippen molar-refractivity contribution in [3.05, 3.63) is 85.9 Å². The number of piperazine rings is 1. The Bertz CT molecular complexity index is 1460. The highest BCUT2D eigenvalue weighted by molar-refractivity contribution is 6.30. The molecule has 0 saturated carbocycles. The lowest BCUT2D eigenvalue weighted by atomic mass is 9.99. The summed E-state index contributed by atoms with van der Waals surface area (Å²) in [6, 6.07) is 13.9. The van der Waals surface area contributed by atoms with E-state index in [0.29, 0.717) is 11.4 Å². The van der Waals surface area contributed by atoms with Crippen molar-refractivity contribution in [1.29, 1.82) is 0 Å². The van der Waals surface area contributed by atoms with Crippen molar-refractivity contribution in [1.82, 2.24) is 35.0 Å². The maximum atomic E-state index is 13.6. The second-order valence-electron chi connectivity index (χ2n) is 11.1. The molecule has 0 radical (unpaired) electrons. The summed E-state index contributed by atoms with van der Waals surface area (Å²) in [5, 5.41) is 14.6. The van der Waals surface area contributed by atoms with Crippen LogP contribution in [0.25, 0.3) is 10.9 Å². The summed E-state index contributed by atoms with van der Waals surface area (Å²) >= 11 is 6.06. The summed E-state index contributed by atoms with van der Waals surface area (Å²) in [5.74, 6) is 0.688. The maximum Gasteiger partial charge on any atom is 0.253 e. The molecule has 0 unspecified atom stereocenters. The van der Waals surface area contributed by atoms with Gasteiger partial charge in [-0.25, -0.2) is 4.68 Å². The van der Waals surface area contributed by atoms with Gasteiger partial charge in [0, 0.05) is 43.3 Å². The molecule has 3 heterocycles. The summed E-state index contributed by atoms with van der Waals surface area (Å²) in [4.78, 5) is 21.5. The monoisotopic (exact) mass is 519 g/mol. The molecule has 0 aliphatic carbocycles. The number of aromatic amines is 1. The molecule has 37 heavy (non-hydrogen) atoms. The zero-order valence-electron chi connectivity index (χ0n) is 22.1. The zero-order valence-corrected chi connectivity index (χ0v) is 22.9. The number of nitrogens with zero attached hydrogens (tertiary/aromatic N) is 6. The smallest absolute Gasteiger partial charge is 0.253 e. The quantitative estimate of drug-likeness (QED) is 0.419. The van der Waals surface area contributed by atoms with Crippen molar-refractivity contribution in [2.75, 3.05) is 26.2 Å². The Hall–Kier alpha value is -3.07. The van der Waals surface area contributed by atoms with E-state index in [9.17, 15) is 4.79 Å². The molecule has 1 aliphatic heterocycles. The van der Waals surface area contributed by atoms with Crippen LogP contribution in [0.4, 0.5) is 0 Å². The Labute approximate surface area is 222 Å². The number of rotatable bonds is 5. The van der Waals surface area contributed by atoms with Crippen molar-refractivity contribution in [2.24, 2.45) is 0 Å². The first kappa shape index (κ1) is 25.6. The average Bonchev–Trinajstić information content (AvgIpc) is 3.33. The molecule has 0 bridgehead atoms. The highest BCUT2D eigenvalue weighted by Crippen LogP contribution is 2.31. The van der Waals surface area contributed by atoms with Gasteiger partial charge in [-0.2, -0.15) is 0 Å². The fourth-order valence-corrected chi connectivity index (χ4v) is 5.40. The molecule has 0 spiro atoms.